The van der Waals surface area contributed by atoms with Crippen LogP contribution in [0.3, 0.4) is 0 Å². The van der Waals surface area contributed by atoms with Crippen LogP contribution in [0, 0.1) is 5.82 Å². The molecule has 1 rings (SSSR count). The number of ether oxygens (including phenoxy) is 1. The Bertz CT molecular complexity index is 486. The van der Waals surface area contributed by atoms with Crippen LogP contribution in [-0.4, -0.2) is 29.4 Å². The zero-order chi connectivity index (χ0) is 16.0. The molecule has 0 radical (unpaired) electrons. The second-order valence-corrected chi connectivity index (χ2v) is 5.95. The lowest BCUT2D eigenvalue weighted by Crippen LogP contribution is -2.42. The number of benzene rings is 1. The number of nitrogens with one attached hydrogen (secondary N) is 2. The summed E-state index contributed by atoms with van der Waals surface area (Å²) in [4.78, 5) is 11.6. The van der Waals surface area contributed by atoms with E-state index in [1.54, 1.807) is 20.8 Å². The van der Waals surface area contributed by atoms with E-state index in [0.29, 0.717) is 18.7 Å². The van der Waals surface area contributed by atoms with Crippen molar-refractivity contribution < 1.29 is 19.0 Å². The number of phenolic OH excluding ortho intramolecular Hbond substituents is 1. The summed E-state index contributed by atoms with van der Waals surface area (Å²) in [6.07, 6.45) is -0.481. The summed E-state index contributed by atoms with van der Waals surface area (Å²) in [6.45, 7) is 7.98. The minimum atomic E-state index is -0.537. The Morgan fingerprint density at radius 1 is 1.43 bits per heavy atom. The van der Waals surface area contributed by atoms with E-state index in [-0.39, 0.29) is 11.8 Å². The molecule has 5 nitrogen and oxygen atoms in total. The van der Waals surface area contributed by atoms with Gasteiger partial charge in [-0.15, -0.1) is 0 Å². The van der Waals surface area contributed by atoms with Crippen LogP contribution < -0.4 is 10.6 Å². The van der Waals surface area contributed by atoms with Gasteiger partial charge in [0.25, 0.3) is 0 Å². The van der Waals surface area contributed by atoms with Crippen molar-refractivity contribution in [2.45, 2.75) is 45.9 Å². The fraction of sp³-hybridized carbons (Fsp3) is 0.533. The van der Waals surface area contributed by atoms with Crippen LogP contribution in [0.1, 0.15) is 33.3 Å². The highest BCUT2D eigenvalue weighted by atomic mass is 19.1. The minimum Gasteiger partial charge on any atom is -0.508 e. The van der Waals surface area contributed by atoms with Gasteiger partial charge in [0.15, 0.2) is 0 Å². The van der Waals surface area contributed by atoms with Crippen molar-refractivity contribution in [3.8, 4) is 5.75 Å². The second kappa shape index (κ2) is 7.26. The molecule has 0 aromatic heterocycles. The first kappa shape index (κ1) is 17.2. The number of phenols is 1. The van der Waals surface area contributed by atoms with Crippen LogP contribution in [0.2, 0.25) is 0 Å². The third kappa shape index (κ3) is 6.94. The van der Waals surface area contributed by atoms with Gasteiger partial charge in [0.05, 0.1) is 0 Å². The van der Waals surface area contributed by atoms with Crippen LogP contribution in [0.4, 0.5) is 9.18 Å². The lowest BCUT2D eigenvalue weighted by Gasteiger charge is -2.22. The third-order valence-corrected chi connectivity index (χ3v) is 2.57. The molecule has 0 aliphatic rings. The Kier molecular flexibility index (Phi) is 5.96. The van der Waals surface area contributed by atoms with Crippen molar-refractivity contribution in [1.82, 2.24) is 10.6 Å². The molecule has 3 N–H and O–H groups in total. The Morgan fingerprint density at radius 2 is 2.10 bits per heavy atom. The number of hydrogen-bond donors (Lipinski definition) is 3. The third-order valence-electron chi connectivity index (χ3n) is 2.57. The fourth-order valence-electron chi connectivity index (χ4n) is 1.68. The Balaban J connectivity index is 2.35. The number of halogens is 1. The highest BCUT2D eigenvalue weighted by Gasteiger charge is 2.17. The van der Waals surface area contributed by atoms with Crippen LogP contribution in [0.15, 0.2) is 18.2 Å². The molecule has 1 aromatic carbocycles. The Labute approximate surface area is 124 Å². The predicted octanol–water partition coefficient (Wildman–Crippen LogP) is 2.53. The van der Waals surface area contributed by atoms with Crippen molar-refractivity contribution in [3.63, 3.8) is 0 Å². The number of amides is 1. The normalized spacial score (nSPS) is 12.8. The SMILES string of the molecule is CC(CNCc1cc(F)ccc1O)NC(=O)OC(C)(C)C. The number of aromatic hydroxyl groups is 1. The Morgan fingerprint density at radius 3 is 2.71 bits per heavy atom. The molecule has 0 saturated heterocycles. The summed E-state index contributed by atoms with van der Waals surface area (Å²) in [6, 6.07) is 3.63. The molecular weight excluding hydrogens is 275 g/mol. The monoisotopic (exact) mass is 298 g/mol. The highest BCUT2D eigenvalue weighted by molar-refractivity contribution is 5.68. The van der Waals surface area contributed by atoms with Gasteiger partial charge in [0, 0.05) is 24.7 Å². The van der Waals surface area contributed by atoms with E-state index in [4.69, 9.17) is 4.74 Å². The van der Waals surface area contributed by atoms with Crippen molar-refractivity contribution >= 4 is 6.09 Å². The molecule has 1 amide bonds. The molecule has 0 heterocycles. The lowest BCUT2D eigenvalue weighted by atomic mass is 10.2. The summed E-state index contributed by atoms with van der Waals surface area (Å²) >= 11 is 0. The summed E-state index contributed by atoms with van der Waals surface area (Å²) in [5, 5.41) is 15.3. The van der Waals surface area contributed by atoms with Gasteiger partial charge in [-0.05, 0) is 45.9 Å². The van der Waals surface area contributed by atoms with E-state index in [1.165, 1.54) is 18.2 Å². The standard InChI is InChI=1S/C15H23FN2O3/c1-10(18-14(20)21-15(2,3)4)8-17-9-11-7-12(16)5-6-13(11)19/h5-7,10,17,19H,8-9H2,1-4H3,(H,18,20). The molecule has 0 aliphatic heterocycles. The maximum absolute atomic E-state index is 13.1. The van der Waals surface area contributed by atoms with Gasteiger partial charge in [0.1, 0.15) is 17.2 Å². The summed E-state index contributed by atoms with van der Waals surface area (Å²) in [7, 11) is 0. The lowest BCUT2D eigenvalue weighted by molar-refractivity contribution is 0.0508. The summed E-state index contributed by atoms with van der Waals surface area (Å²) in [5.41, 5.74) is -0.0654. The topological polar surface area (TPSA) is 70.6 Å². The molecule has 6 heteroatoms. The molecule has 1 unspecified atom stereocenters. The van der Waals surface area contributed by atoms with E-state index in [2.05, 4.69) is 10.6 Å². The van der Waals surface area contributed by atoms with Crippen molar-refractivity contribution in [2.75, 3.05) is 6.54 Å². The quantitative estimate of drug-likeness (QED) is 0.781. The van der Waals surface area contributed by atoms with E-state index in [9.17, 15) is 14.3 Å². The average molecular weight is 298 g/mol. The molecular formula is C15H23FN2O3. The van der Waals surface area contributed by atoms with Crippen LogP contribution in [-0.2, 0) is 11.3 Å². The molecule has 0 fully saturated rings. The number of hydrogen-bond acceptors (Lipinski definition) is 4. The first-order chi connectivity index (χ1) is 9.67. The van der Waals surface area contributed by atoms with Gasteiger partial charge in [0.2, 0.25) is 0 Å². The molecule has 21 heavy (non-hydrogen) atoms. The summed E-state index contributed by atoms with van der Waals surface area (Å²) in [5.74, 6) is -0.360. The maximum atomic E-state index is 13.1. The maximum Gasteiger partial charge on any atom is 0.407 e. The van der Waals surface area contributed by atoms with E-state index < -0.39 is 17.5 Å². The van der Waals surface area contributed by atoms with Crippen molar-refractivity contribution in [1.29, 1.82) is 0 Å². The van der Waals surface area contributed by atoms with Gasteiger partial charge in [-0.25, -0.2) is 9.18 Å². The first-order valence-corrected chi connectivity index (χ1v) is 6.85. The number of carbonyl (C=O) groups excluding carboxylic acids is 1. The second-order valence-electron chi connectivity index (χ2n) is 5.95. The van der Waals surface area contributed by atoms with E-state index in [1.807, 2.05) is 6.92 Å². The largest absolute Gasteiger partial charge is 0.508 e. The Hall–Kier alpha value is -1.82. The smallest absolute Gasteiger partial charge is 0.407 e. The molecule has 118 valence electrons. The molecule has 0 bridgehead atoms. The average Bonchev–Trinajstić information content (AvgIpc) is 2.31. The highest BCUT2D eigenvalue weighted by Crippen LogP contribution is 2.17. The number of alkyl carbamates (subject to hydrolysis) is 1. The van der Waals surface area contributed by atoms with Crippen LogP contribution in [0.5, 0.6) is 5.75 Å². The van der Waals surface area contributed by atoms with Gasteiger partial charge < -0.3 is 20.5 Å². The van der Waals surface area contributed by atoms with Crippen molar-refractivity contribution in [3.05, 3.63) is 29.6 Å². The van der Waals surface area contributed by atoms with Gasteiger partial charge in [-0.3, -0.25) is 0 Å². The zero-order valence-electron chi connectivity index (χ0n) is 12.9. The number of rotatable bonds is 5. The number of carbonyl (C=O) groups is 1. The zero-order valence-corrected chi connectivity index (χ0v) is 12.9. The van der Waals surface area contributed by atoms with Crippen LogP contribution in [0.25, 0.3) is 0 Å². The van der Waals surface area contributed by atoms with E-state index in [0.717, 1.165) is 0 Å². The molecule has 1 atom stereocenters. The van der Waals surface area contributed by atoms with Crippen LogP contribution >= 0.6 is 0 Å². The first-order valence-electron chi connectivity index (χ1n) is 6.85. The molecule has 0 aliphatic carbocycles. The predicted molar refractivity (Wildman–Crippen MR) is 78.6 cm³/mol. The van der Waals surface area contributed by atoms with Crippen molar-refractivity contribution in [2.24, 2.45) is 0 Å². The summed E-state index contributed by atoms with van der Waals surface area (Å²) < 4.78 is 18.2. The molecule has 0 spiro atoms. The van der Waals surface area contributed by atoms with Gasteiger partial charge >= 0.3 is 6.09 Å². The molecule has 1 aromatic rings. The van der Waals surface area contributed by atoms with Gasteiger partial charge in [-0.2, -0.15) is 0 Å². The van der Waals surface area contributed by atoms with E-state index >= 15 is 0 Å². The molecule has 0 saturated carbocycles. The van der Waals surface area contributed by atoms with Gasteiger partial charge in [-0.1, -0.05) is 0 Å². The fourth-order valence-corrected chi connectivity index (χ4v) is 1.68. The minimum absolute atomic E-state index is 0.0386.